The molecule has 0 spiro atoms. The molecular weight excluding hydrogens is 218 g/mol. The molecule has 1 saturated heterocycles. The van der Waals surface area contributed by atoms with Crippen molar-refractivity contribution in [3.63, 3.8) is 0 Å². The second-order valence-corrected chi connectivity index (χ2v) is 5.27. The van der Waals surface area contributed by atoms with E-state index in [0.717, 1.165) is 22.5 Å². The van der Waals surface area contributed by atoms with Crippen molar-refractivity contribution in [2.75, 3.05) is 18.0 Å². The van der Waals surface area contributed by atoms with E-state index in [9.17, 15) is 0 Å². The lowest BCUT2D eigenvalue weighted by Crippen LogP contribution is -2.20. The van der Waals surface area contributed by atoms with Crippen LogP contribution in [0.25, 0.3) is 0 Å². The number of hydrogen-bond donors (Lipinski definition) is 2. The highest BCUT2D eigenvalue weighted by atomic mass is 32.2. The van der Waals surface area contributed by atoms with Gasteiger partial charge in [-0.25, -0.2) is 4.98 Å². The second kappa shape index (κ2) is 6.11. The Labute approximate surface area is 101 Å². The average molecular weight is 237 g/mol. The predicted molar refractivity (Wildman–Crippen MR) is 69.6 cm³/mol. The third-order valence-electron chi connectivity index (χ3n) is 2.90. The zero-order valence-electron chi connectivity index (χ0n) is 9.48. The summed E-state index contributed by atoms with van der Waals surface area (Å²) < 4.78 is 0. The number of aromatic nitrogens is 1. The molecule has 0 radical (unpaired) electrons. The maximum absolute atomic E-state index is 5.83. The second-order valence-electron chi connectivity index (χ2n) is 4.18. The van der Waals surface area contributed by atoms with E-state index in [1.807, 2.05) is 12.1 Å². The number of nitrogen functional groups attached to an aromatic ring is 1. The molecule has 0 bridgehead atoms. The van der Waals surface area contributed by atoms with Crippen molar-refractivity contribution in [1.29, 1.82) is 0 Å². The number of anilines is 1. The van der Waals surface area contributed by atoms with Gasteiger partial charge in [0.15, 0.2) is 0 Å². The van der Waals surface area contributed by atoms with Crippen LogP contribution in [0.15, 0.2) is 23.4 Å². The van der Waals surface area contributed by atoms with Crippen LogP contribution in [-0.4, -0.2) is 23.3 Å². The number of nitrogens with one attached hydrogen (secondary N) is 1. The van der Waals surface area contributed by atoms with Gasteiger partial charge in [0, 0.05) is 12.2 Å². The third-order valence-corrected chi connectivity index (χ3v) is 4.01. The topological polar surface area (TPSA) is 50.9 Å². The monoisotopic (exact) mass is 237 g/mol. The SMILES string of the molecule is Nc1cccnc1SCCCC1CCCN1. The smallest absolute Gasteiger partial charge is 0.119 e. The molecule has 3 nitrogen and oxygen atoms in total. The summed E-state index contributed by atoms with van der Waals surface area (Å²) >= 11 is 1.77. The normalized spacial score (nSPS) is 20.1. The molecule has 88 valence electrons. The van der Waals surface area contributed by atoms with Gasteiger partial charge in [0.25, 0.3) is 0 Å². The molecule has 1 aliphatic rings. The fourth-order valence-corrected chi connectivity index (χ4v) is 2.90. The molecule has 4 heteroatoms. The molecule has 1 aliphatic heterocycles. The van der Waals surface area contributed by atoms with Gasteiger partial charge in [-0.2, -0.15) is 0 Å². The fourth-order valence-electron chi connectivity index (χ4n) is 2.03. The van der Waals surface area contributed by atoms with Crippen LogP contribution in [0.5, 0.6) is 0 Å². The molecule has 1 aromatic heterocycles. The Bertz CT molecular complexity index is 324. The van der Waals surface area contributed by atoms with Crippen molar-refractivity contribution in [1.82, 2.24) is 10.3 Å². The summed E-state index contributed by atoms with van der Waals surface area (Å²) in [5.74, 6) is 1.11. The summed E-state index contributed by atoms with van der Waals surface area (Å²) in [6.07, 6.45) is 7.00. The molecule has 0 saturated carbocycles. The first-order valence-electron chi connectivity index (χ1n) is 5.93. The Morgan fingerprint density at radius 1 is 1.56 bits per heavy atom. The van der Waals surface area contributed by atoms with E-state index in [1.165, 1.54) is 32.2 Å². The van der Waals surface area contributed by atoms with E-state index in [2.05, 4.69) is 10.3 Å². The molecule has 0 aromatic carbocycles. The first kappa shape index (κ1) is 11.7. The Morgan fingerprint density at radius 2 is 2.50 bits per heavy atom. The number of thioether (sulfide) groups is 1. The van der Waals surface area contributed by atoms with Gasteiger partial charge in [0.2, 0.25) is 0 Å². The van der Waals surface area contributed by atoms with Crippen LogP contribution in [0.3, 0.4) is 0 Å². The molecule has 16 heavy (non-hydrogen) atoms. The van der Waals surface area contributed by atoms with E-state index in [0.29, 0.717) is 0 Å². The summed E-state index contributed by atoms with van der Waals surface area (Å²) in [5.41, 5.74) is 6.63. The Morgan fingerprint density at radius 3 is 3.25 bits per heavy atom. The summed E-state index contributed by atoms with van der Waals surface area (Å²) in [5, 5.41) is 4.49. The lowest BCUT2D eigenvalue weighted by molar-refractivity contribution is 0.553. The number of rotatable bonds is 5. The maximum Gasteiger partial charge on any atom is 0.119 e. The van der Waals surface area contributed by atoms with Crippen LogP contribution in [0.2, 0.25) is 0 Å². The summed E-state index contributed by atoms with van der Waals surface area (Å²) in [7, 11) is 0. The van der Waals surface area contributed by atoms with Gasteiger partial charge < -0.3 is 11.1 Å². The molecule has 1 unspecified atom stereocenters. The van der Waals surface area contributed by atoms with Gasteiger partial charge >= 0.3 is 0 Å². The van der Waals surface area contributed by atoms with Crippen molar-refractivity contribution in [3.8, 4) is 0 Å². The van der Waals surface area contributed by atoms with Crippen molar-refractivity contribution in [3.05, 3.63) is 18.3 Å². The number of pyridine rings is 1. The van der Waals surface area contributed by atoms with Gasteiger partial charge in [-0.15, -0.1) is 11.8 Å². The van der Waals surface area contributed by atoms with Crippen LogP contribution in [0, 0.1) is 0 Å². The highest BCUT2D eigenvalue weighted by molar-refractivity contribution is 7.99. The summed E-state index contributed by atoms with van der Waals surface area (Å²) in [6, 6.07) is 4.54. The van der Waals surface area contributed by atoms with Crippen LogP contribution >= 0.6 is 11.8 Å². The molecule has 1 atom stereocenters. The molecule has 1 fully saturated rings. The predicted octanol–water partition coefficient (Wildman–Crippen LogP) is 2.29. The maximum atomic E-state index is 5.83. The summed E-state index contributed by atoms with van der Waals surface area (Å²) in [6.45, 7) is 1.20. The van der Waals surface area contributed by atoms with E-state index >= 15 is 0 Å². The van der Waals surface area contributed by atoms with Gasteiger partial charge in [-0.05, 0) is 50.1 Å². The largest absolute Gasteiger partial charge is 0.397 e. The van der Waals surface area contributed by atoms with Gasteiger partial charge in [0.1, 0.15) is 5.03 Å². The Kier molecular flexibility index (Phi) is 4.48. The van der Waals surface area contributed by atoms with E-state index in [-0.39, 0.29) is 0 Å². The van der Waals surface area contributed by atoms with Crippen LogP contribution in [0.4, 0.5) is 5.69 Å². The zero-order valence-corrected chi connectivity index (χ0v) is 10.3. The van der Waals surface area contributed by atoms with Crippen molar-refractivity contribution < 1.29 is 0 Å². The highest BCUT2D eigenvalue weighted by Crippen LogP contribution is 2.23. The zero-order chi connectivity index (χ0) is 11.2. The number of nitrogens with zero attached hydrogens (tertiary/aromatic N) is 1. The molecule has 0 aliphatic carbocycles. The lowest BCUT2D eigenvalue weighted by Gasteiger charge is -2.09. The minimum absolute atomic E-state index is 0.752. The average Bonchev–Trinajstić information content (AvgIpc) is 2.79. The molecule has 1 aromatic rings. The first-order valence-corrected chi connectivity index (χ1v) is 6.91. The summed E-state index contributed by atoms with van der Waals surface area (Å²) in [4.78, 5) is 4.27. The quantitative estimate of drug-likeness (QED) is 0.609. The molecule has 0 amide bonds. The van der Waals surface area contributed by atoms with E-state index < -0.39 is 0 Å². The molecule has 2 rings (SSSR count). The highest BCUT2D eigenvalue weighted by Gasteiger charge is 2.12. The van der Waals surface area contributed by atoms with Crippen molar-refractivity contribution >= 4 is 17.4 Å². The van der Waals surface area contributed by atoms with Crippen LogP contribution in [-0.2, 0) is 0 Å². The van der Waals surface area contributed by atoms with Crippen molar-refractivity contribution in [2.45, 2.75) is 36.8 Å². The molecular formula is C12H19N3S. The van der Waals surface area contributed by atoms with Gasteiger partial charge in [-0.3, -0.25) is 0 Å². The fraction of sp³-hybridized carbons (Fsp3) is 0.583. The molecule has 3 N–H and O–H groups in total. The van der Waals surface area contributed by atoms with Crippen LogP contribution < -0.4 is 11.1 Å². The Hall–Kier alpha value is -0.740. The molecule has 2 heterocycles. The van der Waals surface area contributed by atoms with E-state index in [1.54, 1.807) is 18.0 Å². The standard InChI is InChI=1S/C12H19N3S/c13-11-6-2-8-15-12(11)16-9-3-5-10-4-1-7-14-10/h2,6,8,10,14H,1,3-5,7,9,13H2. The Balaban J connectivity index is 1.66. The number of nitrogens with two attached hydrogens (primary N) is 1. The minimum Gasteiger partial charge on any atom is -0.397 e. The van der Waals surface area contributed by atoms with Crippen molar-refractivity contribution in [2.24, 2.45) is 0 Å². The van der Waals surface area contributed by atoms with E-state index in [4.69, 9.17) is 5.73 Å². The van der Waals surface area contributed by atoms with Gasteiger partial charge in [-0.1, -0.05) is 0 Å². The third kappa shape index (κ3) is 3.39. The number of hydrogen-bond acceptors (Lipinski definition) is 4. The first-order chi connectivity index (χ1) is 7.86. The van der Waals surface area contributed by atoms with Crippen LogP contribution in [0.1, 0.15) is 25.7 Å². The minimum atomic E-state index is 0.752. The lowest BCUT2D eigenvalue weighted by atomic mass is 10.1. The van der Waals surface area contributed by atoms with Gasteiger partial charge in [0.05, 0.1) is 5.69 Å².